The van der Waals surface area contributed by atoms with Crippen LogP contribution in [0.5, 0.6) is 0 Å². The van der Waals surface area contributed by atoms with Gasteiger partial charge in [0.2, 0.25) is 0 Å². The zero-order valence-electron chi connectivity index (χ0n) is 19.3. The number of pyridine rings is 1. The molecular weight excluding hydrogens is 448 g/mol. The first-order valence-corrected chi connectivity index (χ1v) is 11.2. The van der Waals surface area contributed by atoms with Crippen molar-refractivity contribution < 1.29 is 23.9 Å². The number of esters is 2. The van der Waals surface area contributed by atoms with Gasteiger partial charge in [-0.25, -0.2) is 14.6 Å². The molecule has 0 fully saturated rings. The first-order valence-electron chi connectivity index (χ1n) is 11.2. The number of hydrogen-bond donors (Lipinski definition) is 2. The molecule has 4 rings (SSSR count). The SMILES string of the molecule is CCOC(=O)c1ccc(NC(=O)C(CC)OC(=O)c2ccc3nc(-c4cccnc4)[nH]c3c2)cc1. The summed E-state index contributed by atoms with van der Waals surface area (Å²) in [5.74, 6) is -0.888. The Hall–Kier alpha value is -4.53. The van der Waals surface area contributed by atoms with Crippen molar-refractivity contribution in [2.45, 2.75) is 26.4 Å². The summed E-state index contributed by atoms with van der Waals surface area (Å²) in [6, 6.07) is 15.0. The molecule has 4 aromatic rings. The van der Waals surface area contributed by atoms with Crippen molar-refractivity contribution in [3.8, 4) is 11.4 Å². The number of rotatable bonds is 8. The second-order valence-electron chi connectivity index (χ2n) is 7.65. The van der Waals surface area contributed by atoms with E-state index >= 15 is 0 Å². The predicted molar refractivity (Wildman–Crippen MR) is 130 cm³/mol. The second kappa shape index (κ2) is 10.6. The van der Waals surface area contributed by atoms with Crippen molar-refractivity contribution in [1.82, 2.24) is 15.0 Å². The summed E-state index contributed by atoms with van der Waals surface area (Å²) < 4.78 is 10.4. The summed E-state index contributed by atoms with van der Waals surface area (Å²) in [7, 11) is 0. The van der Waals surface area contributed by atoms with Crippen molar-refractivity contribution in [2.75, 3.05) is 11.9 Å². The summed E-state index contributed by atoms with van der Waals surface area (Å²) in [5, 5.41) is 2.71. The molecule has 0 aliphatic carbocycles. The molecule has 9 nitrogen and oxygen atoms in total. The van der Waals surface area contributed by atoms with Gasteiger partial charge in [0.15, 0.2) is 6.10 Å². The molecule has 2 N–H and O–H groups in total. The van der Waals surface area contributed by atoms with E-state index in [9.17, 15) is 14.4 Å². The number of aromatic nitrogens is 3. The highest BCUT2D eigenvalue weighted by Gasteiger charge is 2.23. The molecule has 2 aromatic carbocycles. The maximum Gasteiger partial charge on any atom is 0.338 e. The average Bonchev–Trinajstić information content (AvgIpc) is 3.31. The van der Waals surface area contributed by atoms with E-state index in [0.717, 1.165) is 5.56 Å². The fourth-order valence-electron chi connectivity index (χ4n) is 3.42. The van der Waals surface area contributed by atoms with Gasteiger partial charge < -0.3 is 19.8 Å². The molecule has 1 unspecified atom stereocenters. The summed E-state index contributed by atoms with van der Waals surface area (Å²) in [6.45, 7) is 3.75. The van der Waals surface area contributed by atoms with Crippen LogP contribution >= 0.6 is 0 Å². The topological polar surface area (TPSA) is 123 Å². The van der Waals surface area contributed by atoms with Crippen LogP contribution in [0.25, 0.3) is 22.4 Å². The van der Waals surface area contributed by atoms with Gasteiger partial charge in [-0.1, -0.05) is 6.92 Å². The van der Waals surface area contributed by atoms with Gasteiger partial charge in [0.25, 0.3) is 5.91 Å². The van der Waals surface area contributed by atoms with Crippen LogP contribution in [0.4, 0.5) is 5.69 Å². The average molecular weight is 473 g/mol. The first-order chi connectivity index (χ1) is 17.0. The Morgan fingerprint density at radius 2 is 1.77 bits per heavy atom. The van der Waals surface area contributed by atoms with E-state index in [1.54, 1.807) is 68.7 Å². The van der Waals surface area contributed by atoms with Gasteiger partial charge in [-0.15, -0.1) is 0 Å². The largest absolute Gasteiger partial charge is 0.462 e. The fraction of sp³-hybridized carbons (Fsp3) is 0.192. The summed E-state index contributed by atoms with van der Waals surface area (Å²) >= 11 is 0. The number of amides is 1. The lowest BCUT2D eigenvalue weighted by molar-refractivity contribution is -0.124. The fourth-order valence-corrected chi connectivity index (χ4v) is 3.42. The molecule has 0 aliphatic heterocycles. The normalized spacial score (nSPS) is 11.6. The quantitative estimate of drug-likeness (QED) is 0.365. The molecule has 0 bridgehead atoms. The molecule has 9 heteroatoms. The highest BCUT2D eigenvalue weighted by Crippen LogP contribution is 2.21. The van der Waals surface area contributed by atoms with Crippen LogP contribution in [0.15, 0.2) is 67.0 Å². The zero-order chi connectivity index (χ0) is 24.8. The van der Waals surface area contributed by atoms with Gasteiger partial charge >= 0.3 is 11.9 Å². The standard InChI is InChI=1S/C26H24N4O5/c1-3-22(24(31)28-19-10-7-16(8-11-19)25(32)34-4-2)35-26(33)17-9-12-20-21(14-17)30-23(29-20)18-6-5-13-27-15-18/h5-15,22H,3-4H2,1-2H3,(H,28,31)(H,29,30). The number of anilines is 1. The van der Waals surface area contributed by atoms with Crippen LogP contribution in [0.1, 0.15) is 41.0 Å². The molecular formula is C26H24N4O5. The predicted octanol–water partition coefficient (Wildman–Crippen LogP) is 4.38. The number of carbonyl (C=O) groups is 3. The molecule has 178 valence electrons. The lowest BCUT2D eigenvalue weighted by Gasteiger charge is -2.16. The molecule has 35 heavy (non-hydrogen) atoms. The molecule has 0 saturated carbocycles. The van der Waals surface area contributed by atoms with Gasteiger partial charge in [0, 0.05) is 23.6 Å². The number of carbonyl (C=O) groups excluding carboxylic acids is 3. The third kappa shape index (κ3) is 5.52. The monoisotopic (exact) mass is 472 g/mol. The molecule has 0 spiro atoms. The molecule has 0 saturated heterocycles. The zero-order valence-corrected chi connectivity index (χ0v) is 19.3. The number of nitrogens with zero attached hydrogens (tertiary/aromatic N) is 2. The number of fused-ring (bicyclic) bond motifs is 1. The van der Waals surface area contributed by atoms with Crippen molar-refractivity contribution in [2.24, 2.45) is 0 Å². The first kappa shape index (κ1) is 23.6. The smallest absolute Gasteiger partial charge is 0.338 e. The number of nitrogens with one attached hydrogen (secondary N) is 2. The van der Waals surface area contributed by atoms with Crippen LogP contribution in [-0.2, 0) is 14.3 Å². The van der Waals surface area contributed by atoms with E-state index in [1.165, 1.54) is 0 Å². The Morgan fingerprint density at radius 1 is 1.00 bits per heavy atom. The summed E-state index contributed by atoms with van der Waals surface area (Å²) in [6.07, 6.45) is 2.67. The van der Waals surface area contributed by atoms with Gasteiger partial charge in [0.1, 0.15) is 5.82 Å². The third-order valence-electron chi connectivity index (χ3n) is 5.23. The number of imidazole rings is 1. The van der Waals surface area contributed by atoms with Gasteiger partial charge in [-0.2, -0.15) is 0 Å². The van der Waals surface area contributed by atoms with Gasteiger partial charge in [-0.05, 0) is 67.9 Å². The van der Waals surface area contributed by atoms with Crippen LogP contribution < -0.4 is 5.32 Å². The number of ether oxygens (including phenoxy) is 2. The summed E-state index contributed by atoms with van der Waals surface area (Å²) in [5.41, 5.74) is 3.33. The molecule has 1 amide bonds. The number of aromatic amines is 1. The Kier molecular flexibility index (Phi) is 7.15. The minimum atomic E-state index is -0.990. The van der Waals surface area contributed by atoms with Crippen LogP contribution in [0.2, 0.25) is 0 Å². The Labute approximate surface area is 201 Å². The van der Waals surface area contributed by atoms with Crippen molar-refractivity contribution in [3.05, 3.63) is 78.1 Å². The summed E-state index contributed by atoms with van der Waals surface area (Å²) in [4.78, 5) is 49.0. The second-order valence-corrected chi connectivity index (χ2v) is 7.65. The van der Waals surface area contributed by atoms with E-state index in [4.69, 9.17) is 9.47 Å². The van der Waals surface area contributed by atoms with Crippen LogP contribution in [0.3, 0.4) is 0 Å². The Morgan fingerprint density at radius 3 is 2.46 bits per heavy atom. The molecule has 0 aliphatic rings. The Bertz CT molecular complexity index is 1350. The maximum absolute atomic E-state index is 12.8. The van der Waals surface area contributed by atoms with E-state index in [2.05, 4.69) is 20.3 Å². The van der Waals surface area contributed by atoms with E-state index in [-0.39, 0.29) is 13.0 Å². The van der Waals surface area contributed by atoms with Crippen molar-refractivity contribution in [1.29, 1.82) is 0 Å². The van der Waals surface area contributed by atoms with Gasteiger partial charge in [-0.3, -0.25) is 9.78 Å². The number of H-pyrrole nitrogens is 1. The maximum atomic E-state index is 12.8. The third-order valence-corrected chi connectivity index (χ3v) is 5.23. The Balaban J connectivity index is 1.43. The highest BCUT2D eigenvalue weighted by atomic mass is 16.5. The number of benzene rings is 2. The van der Waals surface area contributed by atoms with E-state index in [0.29, 0.717) is 33.7 Å². The minimum Gasteiger partial charge on any atom is -0.462 e. The number of hydrogen-bond acceptors (Lipinski definition) is 7. The minimum absolute atomic E-state index is 0.278. The molecule has 2 heterocycles. The highest BCUT2D eigenvalue weighted by molar-refractivity contribution is 5.99. The van der Waals surface area contributed by atoms with Crippen molar-refractivity contribution >= 4 is 34.6 Å². The van der Waals surface area contributed by atoms with Crippen molar-refractivity contribution in [3.63, 3.8) is 0 Å². The van der Waals surface area contributed by atoms with E-state index in [1.807, 2.05) is 12.1 Å². The van der Waals surface area contributed by atoms with Crippen LogP contribution in [-0.4, -0.2) is 45.5 Å². The molecule has 0 radical (unpaired) electrons. The lowest BCUT2D eigenvalue weighted by Crippen LogP contribution is -2.32. The van der Waals surface area contributed by atoms with Crippen LogP contribution in [0, 0.1) is 0 Å². The lowest BCUT2D eigenvalue weighted by atomic mass is 10.2. The molecule has 1 atom stereocenters. The molecule has 2 aromatic heterocycles. The van der Waals surface area contributed by atoms with E-state index < -0.39 is 23.9 Å². The van der Waals surface area contributed by atoms with Gasteiger partial charge in [0.05, 0.1) is 28.8 Å².